The van der Waals surface area contributed by atoms with E-state index in [1.165, 1.54) is 0 Å². The molecule has 8 heteroatoms. The highest BCUT2D eigenvalue weighted by molar-refractivity contribution is 6.32. The molecule has 0 unspecified atom stereocenters. The van der Waals surface area contributed by atoms with Crippen molar-refractivity contribution >= 4 is 17.6 Å². The number of carbonyl (C=O) groups is 1. The summed E-state index contributed by atoms with van der Waals surface area (Å²) in [6, 6.07) is -0.244. The molecule has 1 aliphatic rings. The molecule has 0 aromatic carbocycles. The molecule has 0 radical (unpaired) electrons. The largest absolute Gasteiger partial charge is 0.478 e. The van der Waals surface area contributed by atoms with Crippen LogP contribution in [0.15, 0.2) is 0 Å². The fourth-order valence-electron chi connectivity index (χ4n) is 2.19. The number of halogens is 4. The molecule has 1 aromatic rings. The van der Waals surface area contributed by atoms with Gasteiger partial charge >= 0.3 is 12.1 Å². The minimum absolute atomic E-state index is 0.244. The number of rotatable bonds is 2. The van der Waals surface area contributed by atoms with Gasteiger partial charge in [-0.15, -0.1) is 0 Å². The summed E-state index contributed by atoms with van der Waals surface area (Å²) in [6.45, 7) is 0. The maximum atomic E-state index is 12.7. The first-order valence-electron chi connectivity index (χ1n) is 5.41. The van der Waals surface area contributed by atoms with Gasteiger partial charge in [0, 0.05) is 0 Å². The monoisotopic (exact) mass is 282 g/mol. The molecule has 1 aromatic heterocycles. The van der Waals surface area contributed by atoms with Crippen LogP contribution in [0.2, 0.25) is 5.15 Å². The molecule has 0 saturated heterocycles. The van der Waals surface area contributed by atoms with Crippen molar-refractivity contribution in [2.45, 2.75) is 37.9 Å². The van der Waals surface area contributed by atoms with Gasteiger partial charge in [-0.1, -0.05) is 24.4 Å². The molecule has 1 heterocycles. The smallest absolute Gasteiger partial charge is 0.436 e. The molecule has 0 atom stereocenters. The van der Waals surface area contributed by atoms with Gasteiger partial charge in [0.1, 0.15) is 10.7 Å². The van der Waals surface area contributed by atoms with Crippen LogP contribution in [0.5, 0.6) is 0 Å². The third-order valence-corrected chi connectivity index (χ3v) is 3.37. The number of carboxylic acid groups (broad SMARTS) is 1. The Labute approximate surface area is 105 Å². The molecule has 1 N–H and O–H groups in total. The summed E-state index contributed by atoms with van der Waals surface area (Å²) in [5.41, 5.74) is -2.39. The Morgan fingerprint density at radius 2 is 1.94 bits per heavy atom. The highest BCUT2D eigenvalue weighted by atomic mass is 35.5. The van der Waals surface area contributed by atoms with E-state index in [-0.39, 0.29) is 6.04 Å². The second kappa shape index (κ2) is 4.46. The molecule has 1 fully saturated rings. The van der Waals surface area contributed by atoms with Crippen molar-refractivity contribution in [2.75, 3.05) is 0 Å². The van der Waals surface area contributed by atoms with Gasteiger partial charge in [-0.25, -0.2) is 9.48 Å². The topological polar surface area (TPSA) is 55.1 Å². The molecule has 0 bridgehead atoms. The van der Waals surface area contributed by atoms with Crippen LogP contribution in [0.3, 0.4) is 0 Å². The van der Waals surface area contributed by atoms with Gasteiger partial charge in [-0.3, -0.25) is 0 Å². The highest BCUT2D eigenvalue weighted by Gasteiger charge is 2.42. The number of carboxylic acids is 1. The third kappa shape index (κ3) is 2.19. The zero-order valence-corrected chi connectivity index (χ0v) is 9.92. The van der Waals surface area contributed by atoms with Crippen LogP contribution in [-0.2, 0) is 6.18 Å². The molecular formula is C10H10ClF3N2O2. The Morgan fingerprint density at radius 1 is 1.39 bits per heavy atom. The van der Waals surface area contributed by atoms with Crippen LogP contribution in [0.4, 0.5) is 13.2 Å². The Hall–Kier alpha value is -1.24. The average Bonchev–Trinajstić information content (AvgIpc) is 2.81. The van der Waals surface area contributed by atoms with Crippen LogP contribution >= 0.6 is 11.6 Å². The standard InChI is InChI=1S/C10H10ClF3N2O2/c11-8-6(9(17)18)7(10(12,13)14)15-16(8)5-3-1-2-4-5/h5H,1-4H2,(H,17,18). The van der Waals surface area contributed by atoms with Gasteiger partial charge in [-0.05, 0) is 12.8 Å². The van der Waals surface area contributed by atoms with Crippen LogP contribution < -0.4 is 0 Å². The van der Waals surface area contributed by atoms with Crippen LogP contribution in [-0.4, -0.2) is 20.9 Å². The lowest BCUT2D eigenvalue weighted by atomic mass is 10.2. The van der Waals surface area contributed by atoms with E-state index in [2.05, 4.69) is 5.10 Å². The molecule has 0 spiro atoms. The molecule has 4 nitrogen and oxygen atoms in total. The van der Waals surface area contributed by atoms with Crippen molar-refractivity contribution < 1.29 is 23.1 Å². The first kappa shape index (κ1) is 13.2. The quantitative estimate of drug-likeness (QED) is 0.905. The minimum Gasteiger partial charge on any atom is -0.478 e. The van der Waals surface area contributed by atoms with Crippen molar-refractivity contribution in [1.82, 2.24) is 9.78 Å². The van der Waals surface area contributed by atoms with Crippen molar-refractivity contribution in [2.24, 2.45) is 0 Å². The van der Waals surface area contributed by atoms with E-state index in [9.17, 15) is 18.0 Å². The van der Waals surface area contributed by atoms with E-state index in [1.54, 1.807) is 0 Å². The fourth-order valence-corrected chi connectivity index (χ4v) is 2.54. The summed E-state index contributed by atoms with van der Waals surface area (Å²) in [7, 11) is 0. The average molecular weight is 283 g/mol. The lowest BCUT2D eigenvalue weighted by molar-refractivity contribution is -0.142. The van der Waals surface area contributed by atoms with Crippen molar-refractivity contribution in [3.05, 3.63) is 16.4 Å². The zero-order chi connectivity index (χ0) is 13.5. The van der Waals surface area contributed by atoms with Gasteiger partial charge in [0.25, 0.3) is 0 Å². The third-order valence-electron chi connectivity index (χ3n) is 3.00. The van der Waals surface area contributed by atoms with E-state index in [0.717, 1.165) is 17.5 Å². The molecular weight excluding hydrogens is 273 g/mol. The number of hydrogen-bond donors (Lipinski definition) is 1. The normalized spacial score (nSPS) is 17.3. The summed E-state index contributed by atoms with van der Waals surface area (Å²) in [6.07, 6.45) is -1.73. The molecule has 0 aliphatic heterocycles. The Balaban J connectivity index is 2.53. The molecule has 0 amide bonds. The fraction of sp³-hybridized carbons (Fsp3) is 0.600. The predicted molar refractivity (Wildman–Crippen MR) is 56.7 cm³/mol. The summed E-state index contributed by atoms with van der Waals surface area (Å²) >= 11 is 5.73. The number of aromatic carboxylic acids is 1. The molecule has 100 valence electrons. The summed E-state index contributed by atoms with van der Waals surface area (Å²) in [5, 5.41) is 11.7. The number of nitrogens with zero attached hydrogens (tertiary/aromatic N) is 2. The van der Waals surface area contributed by atoms with Crippen LogP contribution in [0.25, 0.3) is 0 Å². The Morgan fingerprint density at radius 3 is 2.33 bits per heavy atom. The van der Waals surface area contributed by atoms with Crippen molar-refractivity contribution in [3.8, 4) is 0 Å². The van der Waals surface area contributed by atoms with Gasteiger partial charge in [0.05, 0.1) is 6.04 Å². The van der Waals surface area contributed by atoms with E-state index in [0.29, 0.717) is 12.8 Å². The van der Waals surface area contributed by atoms with Gasteiger partial charge in [0.2, 0.25) is 0 Å². The maximum absolute atomic E-state index is 12.7. The minimum atomic E-state index is -4.82. The molecule has 1 saturated carbocycles. The van der Waals surface area contributed by atoms with Crippen molar-refractivity contribution in [3.63, 3.8) is 0 Å². The second-order valence-electron chi connectivity index (χ2n) is 4.20. The summed E-state index contributed by atoms with van der Waals surface area (Å²) in [4.78, 5) is 10.9. The zero-order valence-electron chi connectivity index (χ0n) is 9.17. The SMILES string of the molecule is O=C(O)c1c(C(F)(F)F)nn(C2CCCC2)c1Cl. The molecule has 1 aliphatic carbocycles. The van der Waals surface area contributed by atoms with E-state index < -0.39 is 28.6 Å². The number of hydrogen-bond acceptors (Lipinski definition) is 2. The highest BCUT2D eigenvalue weighted by Crippen LogP contribution is 2.38. The van der Waals surface area contributed by atoms with Crippen molar-refractivity contribution in [1.29, 1.82) is 0 Å². The predicted octanol–water partition coefficient (Wildman–Crippen LogP) is 3.37. The van der Waals surface area contributed by atoms with Crippen LogP contribution in [0, 0.1) is 0 Å². The van der Waals surface area contributed by atoms with Crippen LogP contribution in [0.1, 0.15) is 47.8 Å². The number of alkyl halides is 3. The summed E-state index contributed by atoms with van der Waals surface area (Å²) < 4.78 is 39.1. The Kier molecular flexibility index (Phi) is 3.27. The van der Waals surface area contributed by atoms with Gasteiger partial charge in [0.15, 0.2) is 5.69 Å². The second-order valence-corrected chi connectivity index (χ2v) is 4.56. The first-order valence-corrected chi connectivity index (χ1v) is 5.78. The molecule has 18 heavy (non-hydrogen) atoms. The number of aromatic nitrogens is 2. The maximum Gasteiger partial charge on any atom is 0.436 e. The van der Waals surface area contributed by atoms with Gasteiger partial charge < -0.3 is 5.11 Å². The lowest BCUT2D eigenvalue weighted by Crippen LogP contribution is -2.13. The Bertz CT molecular complexity index is 478. The lowest BCUT2D eigenvalue weighted by Gasteiger charge is -2.10. The van der Waals surface area contributed by atoms with E-state index in [1.807, 2.05) is 0 Å². The van der Waals surface area contributed by atoms with E-state index >= 15 is 0 Å². The van der Waals surface area contributed by atoms with Gasteiger partial charge in [-0.2, -0.15) is 18.3 Å². The molecule has 2 rings (SSSR count). The summed E-state index contributed by atoms with van der Waals surface area (Å²) in [5.74, 6) is -1.71. The first-order chi connectivity index (χ1) is 8.32. The van der Waals surface area contributed by atoms with E-state index in [4.69, 9.17) is 16.7 Å².